The van der Waals surface area contributed by atoms with Gasteiger partial charge >= 0.3 is 0 Å². The molecule has 0 atom stereocenters. The molecular weight excluding hydrogens is 94.1 g/mol. The Morgan fingerprint density at radius 1 is 1.43 bits per heavy atom. The van der Waals surface area contributed by atoms with Crippen molar-refractivity contribution in [1.29, 1.82) is 0 Å². The summed E-state index contributed by atoms with van der Waals surface area (Å²) in [5.41, 5.74) is 5.35. The maximum atomic E-state index is 8.33. The van der Waals surface area contributed by atoms with Crippen molar-refractivity contribution in [2.24, 2.45) is 0 Å². The molecule has 0 aromatic rings. The van der Waals surface area contributed by atoms with Gasteiger partial charge in [0.2, 0.25) is 0 Å². The van der Waals surface area contributed by atoms with Crippen LogP contribution in [0.1, 0.15) is 0 Å². The normalized spacial score (nSPS) is 10.3. The van der Waals surface area contributed by atoms with Crippen molar-refractivity contribution in [1.82, 2.24) is 16.0 Å². The highest BCUT2D eigenvalue weighted by molar-refractivity contribution is 4.20. The van der Waals surface area contributed by atoms with Gasteiger partial charge in [-0.1, -0.05) is 0 Å². The Labute approximate surface area is 43.1 Å². The summed E-state index contributed by atoms with van der Waals surface area (Å²) in [6.45, 7) is -0.0347. The van der Waals surface area contributed by atoms with Crippen LogP contribution in [0.3, 0.4) is 0 Å². The molecule has 0 aromatic heterocycles. The first-order valence-corrected chi connectivity index (χ1v) is 2.08. The highest BCUT2D eigenvalue weighted by Gasteiger charge is 1.88. The zero-order valence-corrected chi connectivity index (χ0v) is 4.60. The van der Waals surface area contributed by atoms with Crippen LogP contribution >= 0.6 is 0 Å². The van der Waals surface area contributed by atoms with E-state index in [1.54, 1.807) is 14.1 Å². The van der Waals surface area contributed by atoms with E-state index in [-0.39, 0.29) is 6.73 Å². The lowest BCUT2D eigenvalue weighted by molar-refractivity contribution is 0.0306. The quantitative estimate of drug-likeness (QED) is 0.302. The molecule has 0 unspecified atom stereocenters. The Bertz CT molecular complexity index is 31.7. The number of rotatable bonds is 3. The van der Waals surface area contributed by atoms with Crippen LogP contribution in [0, 0.1) is 0 Å². The average Bonchev–Trinajstić information content (AvgIpc) is 1.72. The molecule has 4 nitrogen and oxygen atoms in total. The van der Waals surface area contributed by atoms with Gasteiger partial charge in [0, 0.05) is 14.1 Å². The van der Waals surface area contributed by atoms with E-state index in [1.165, 1.54) is 5.12 Å². The Balaban J connectivity index is 2.99. The van der Waals surface area contributed by atoms with E-state index < -0.39 is 0 Å². The molecular formula is C3H11N3O. The molecule has 0 saturated carbocycles. The third kappa shape index (κ3) is 2.52. The van der Waals surface area contributed by atoms with Crippen molar-refractivity contribution < 1.29 is 5.11 Å². The SMILES string of the molecule is CNN(CO)NC. The molecule has 3 N–H and O–H groups in total. The second-order valence-electron chi connectivity index (χ2n) is 1.02. The van der Waals surface area contributed by atoms with Crippen LogP contribution in [-0.4, -0.2) is 31.1 Å². The van der Waals surface area contributed by atoms with E-state index in [1.807, 2.05) is 0 Å². The number of nitrogens with one attached hydrogen (secondary N) is 2. The first-order valence-electron chi connectivity index (χ1n) is 2.08. The molecule has 0 fully saturated rings. The van der Waals surface area contributed by atoms with E-state index in [4.69, 9.17) is 5.11 Å². The van der Waals surface area contributed by atoms with Crippen molar-refractivity contribution in [2.45, 2.75) is 0 Å². The molecule has 0 bridgehead atoms. The molecule has 0 aliphatic heterocycles. The molecule has 0 heterocycles. The van der Waals surface area contributed by atoms with Gasteiger partial charge in [0.15, 0.2) is 0 Å². The topological polar surface area (TPSA) is 47.5 Å². The van der Waals surface area contributed by atoms with Crippen molar-refractivity contribution in [3.05, 3.63) is 0 Å². The van der Waals surface area contributed by atoms with Crippen LogP contribution in [0.15, 0.2) is 0 Å². The summed E-state index contributed by atoms with van der Waals surface area (Å²) < 4.78 is 0. The molecule has 0 aliphatic rings. The van der Waals surface area contributed by atoms with E-state index in [2.05, 4.69) is 10.9 Å². The van der Waals surface area contributed by atoms with Gasteiger partial charge < -0.3 is 5.11 Å². The zero-order valence-electron chi connectivity index (χ0n) is 4.60. The van der Waals surface area contributed by atoms with Gasteiger partial charge in [-0.25, -0.2) is 10.9 Å². The van der Waals surface area contributed by atoms with Crippen LogP contribution in [0.2, 0.25) is 0 Å². The summed E-state index contributed by atoms with van der Waals surface area (Å²) in [6, 6.07) is 0. The third-order valence-corrected chi connectivity index (χ3v) is 0.681. The first-order chi connectivity index (χ1) is 3.35. The van der Waals surface area contributed by atoms with Gasteiger partial charge in [0.05, 0.1) is 0 Å². The predicted molar refractivity (Wildman–Crippen MR) is 27.0 cm³/mol. The Hall–Kier alpha value is -0.160. The molecule has 44 valence electrons. The minimum atomic E-state index is -0.0347. The van der Waals surface area contributed by atoms with E-state index in [0.29, 0.717) is 0 Å². The number of aliphatic hydroxyl groups excluding tert-OH is 1. The van der Waals surface area contributed by atoms with Crippen LogP contribution in [0.5, 0.6) is 0 Å². The molecule has 0 aliphatic carbocycles. The van der Waals surface area contributed by atoms with Crippen LogP contribution in [-0.2, 0) is 0 Å². The fourth-order valence-corrected chi connectivity index (χ4v) is 0.253. The highest BCUT2D eigenvalue weighted by atomic mass is 16.3. The van der Waals surface area contributed by atoms with Gasteiger partial charge in [0.25, 0.3) is 0 Å². The number of hydrogen-bond acceptors (Lipinski definition) is 4. The number of hydrogen-bond donors (Lipinski definition) is 3. The van der Waals surface area contributed by atoms with E-state index >= 15 is 0 Å². The maximum Gasteiger partial charge on any atom is 0.123 e. The summed E-state index contributed by atoms with van der Waals surface area (Å²) in [7, 11) is 3.43. The minimum Gasteiger partial charge on any atom is -0.378 e. The monoisotopic (exact) mass is 105 g/mol. The predicted octanol–water partition coefficient (Wildman–Crippen LogP) is -1.49. The van der Waals surface area contributed by atoms with Crippen LogP contribution < -0.4 is 10.9 Å². The van der Waals surface area contributed by atoms with Gasteiger partial charge in [0.1, 0.15) is 6.73 Å². The Morgan fingerprint density at radius 2 is 1.86 bits per heavy atom. The second-order valence-corrected chi connectivity index (χ2v) is 1.02. The molecule has 0 saturated heterocycles. The van der Waals surface area contributed by atoms with Crippen molar-refractivity contribution in [2.75, 3.05) is 20.8 Å². The van der Waals surface area contributed by atoms with Crippen LogP contribution in [0.25, 0.3) is 0 Å². The minimum absolute atomic E-state index is 0.0347. The molecule has 4 heteroatoms. The number of nitrogens with zero attached hydrogens (tertiary/aromatic N) is 1. The fraction of sp³-hybridized carbons (Fsp3) is 1.00. The second kappa shape index (κ2) is 4.01. The Kier molecular flexibility index (Phi) is 3.92. The van der Waals surface area contributed by atoms with Crippen molar-refractivity contribution in [3.8, 4) is 0 Å². The van der Waals surface area contributed by atoms with Crippen LogP contribution in [0.4, 0.5) is 0 Å². The lowest BCUT2D eigenvalue weighted by atomic mass is 11.2. The molecule has 0 rings (SSSR count). The summed E-state index contributed by atoms with van der Waals surface area (Å²) in [5, 5.41) is 9.76. The maximum absolute atomic E-state index is 8.33. The van der Waals surface area contributed by atoms with Gasteiger partial charge in [-0.05, 0) is 0 Å². The lowest BCUT2D eigenvalue weighted by Gasteiger charge is -2.14. The largest absolute Gasteiger partial charge is 0.378 e. The number of aliphatic hydroxyl groups is 1. The molecule has 7 heavy (non-hydrogen) atoms. The highest BCUT2D eigenvalue weighted by Crippen LogP contribution is 1.61. The fourth-order valence-electron chi connectivity index (χ4n) is 0.253. The van der Waals surface area contributed by atoms with Gasteiger partial charge in [-0.2, -0.15) is 5.12 Å². The summed E-state index contributed by atoms with van der Waals surface area (Å²) in [5.74, 6) is 0. The molecule has 0 radical (unpaired) electrons. The smallest absolute Gasteiger partial charge is 0.123 e. The average molecular weight is 105 g/mol. The summed E-state index contributed by atoms with van der Waals surface area (Å²) in [6.07, 6.45) is 0. The number of hydrazine groups is 2. The Morgan fingerprint density at radius 3 is 1.86 bits per heavy atom. The zero-order chi connectivity index (χ0) is 5.70. The lowest BCUT2D eigenvalue weighted by Crippen LogP contribution is -2.44. The summed E-state index contributed by atoms with van der Waals surface area (Å²) >= 11 is 0. The standard InChI is InChI=1S/C3H11N3O/c1-4-6(3-7)5-2/h4-5,7H,3H2,1-2H3. The first kappa shape index (κ1) is 6.84. The molecule has 0 aromatic carbocycles. The van der Waals surface area contributed by atoms with Gasteiger partial charge in [-0.3, -0.25) is 0 Å². The molecule has 0 spiro atoms. The van der Waals surface area contributed by atoms with Crippen molar-refractivity contribution >= 4 is 0 Å². The van der Waals surface area contributed by atoms with Gasteiger partial charge in [-0.15, -0.1) is 0 Å². The molecule has 0 amide bonds. The van der Waals surface area contributed by atoms with E-state index in [0.717, 1.165) is 0 Å². The summed E-state index contributed by atoms with van der Waals surface area (Å²) in [4.78, 5) is 0. The third-order valence-electron chi connectivity index (χ3n) is 0.681. The van der Waals surface area contributed by atoms with E-state index in [9.17, 15) is 0 Å². The van der Waals surface area contributed by atoms with Crippen molar-refractivity contribution in [3.63, 3.8) is 0 Å².